The fourth-order valence-corrected chi connectivity index (χ4v) is 1.04. The Morgan fingerprint density at radius 2 is 1.33 bits per heavy atom. The van der Waals surface area contributed by atoms with Crippen LogP contribution in [0.3, 0.4) is 0 Å². The van der Waals surface area contributed by atoms with Crippen LogP contribution >= 0.6 is 0 Å². The summed E-state index contributed by atoms with van der Waals surface area (Å²) in [5.41, 5.74) is 0. The van der Waals surface area contributed by atoms with E-state index in [0.29, 0.717) is 40.3 Å². The van der Waals surface area contributed by atoms with Crippen molar-refractivity contribution in [2.24, 2.45) is 0 Å². The maximum atomic E-state index is 5.27. The van der Waals surface area contributed by atoms with Crippen LogP contribution in [0.15, 0.2) is 0 Å². The molecule has 0 amide bonds. The summed E-state index contributed by atoms with van der Waals surface area (Å²) in [4.78, 5) is 2.02. The summed E-state index contributed by atoms with van der Waals surface area (Å²) in [6, 6.07) is 0. The highest BCUT2D eigenvalue weighted by atomic mass is 16.7. The molecule has 0 bridgehead atoms. The maximum Gasteiger partial charge on any atom is 0.150 e. The van der Waals surface area contributed by atoms with Gasteiger partial charge in [0.25, 0.3) is 0 Å². The maximum absolute atomic E-state index is 5.27. The van der Waals surface area contributed by atoms with E-state index in [0.717, 1.165) is 13.1 Å². The zero-order valence-electron chi connectivity index (χ0n) is 9.24. The van der Waals surface area contributed by atoms with E-state index >= 15 is 0 Å². The molecule has 1 aliphatic heterocycles. The molecule has 0 aromatic carbocycles. The number of nitrogens with one attached hydrogen (secondary N) is 1. The standard InChI is InChI=1S/C9H20N2O4.6CH4/c1-11-3-5-13-8-12-4-2-10-6-14-9-15-7-11;;;;;;/h10H,2-9H2,1H3;6*1H4. The summed E-state index contributed by atoms with van der Waals surface area (Å²) >= 11 is 0. The van der Waals surface area contributed by atoms with Crippen molar-refractivity contribution in [3.63, 3.8) is 0 Å². The molecule has 0 aromatic rings. The molecule has 0 saturated carbocycles. The SMILES string of the molecule is C.C.C.C.C.C.CN1CCOCOCCNCOCOC1. The lowest BCUT2D eigenvalue weighted by Crippen LogP contribution is -2.29. The lowest BCUT2D eigenvalue weighted by atomic mass is 10.6. The Labute approximate surface area is 135 Å². The molecule has 1 N–H and O–H groups in total. The number of ether oxygens (including phenoxy) is 4. The predicted molar refractivity (Wildman–Crippen MR) is 94.6 cm³/mol. The van der Waals surface area contributed by atoms with Crippen LogP contribution in [0.25, 0.3) is 0 Å². The van der Waals surface area contributed by atoms with Crippen molar-refractivity contribution in [2.45, 2.75) is 44.6 Å². The van der Waals surface area contributed by atoms with Crippen LogP contribution in [0, 0.1) is 0 Å². The van der Waals surface area contributed by atoms with Gasteiger partial charge >= 0.3 is 0 Å². The number of likely N-dealkylation sites (N-methyl/N-ethyl adjacent to an activating group) is 1. The fourth-order valence-electron chi connectivity index (χ4n) is 1.04. The first-order valence-electron chi connectivity index (χ1n) is 5.10. The molecular weight excluding hydrogens is 272 g/mol. The van der Waals surface area contributed by atoms with E-state index < -0.39 is 0 Å². The Morgan fingerprint density at radius 3 is 2.00 bits per heavy atom. The van der Waals surface area contributed by atoms with E-state index in [9.17, 15) is 0 Å². The monoisotopic (exact) mass is 316 g/mol. The van der Waals surface area contributed by atoms with Gasteiger partial charge < -0.3 is 18.9 Å². The lowest BCUT2D eigenvalue weighted by molar-refractivity contribution is -0.105. The average Bonchev–Trinajstić information content (AvgIpc) is 2.24. The van der Waals surface area contributed by atoms with Gasteiger partial charge in [-0.15, -0.1) is 0 Å². The first-order chi connectivity index (χ1) is 7.39. The summed E-state index contributed by atoms with van der Waals surface area (Å²) in [6.45, 7) is 4.52. The molecule has 1 aliphatic rings. The smallest absolute Gasteiger partial charge is 0.150 e. The van der Waals surface area contributed by atoms with Crippen molar-refractivity contribution in [2.75, 3.05) is 60.4 Å². The van der Waals surface area contributed by atoms with Gasteiger partial charge in [0.1, 0.15) is 20.3 Å². The predicted octanol–water partition coefficient (Wildman–Crippen LogP) is 3.23. The van der Waals surface area contributed by atoms with Crippen LogP contribution < -0.4 is 5.32 Å². The van der Waals surface area contributed by atoms with Gasteiger partial charge in [0.2, 0.25) is 0 Å². The molecule has 0 spiro atoms. The van der Waals surface area contributed by atoms with Crippen LogP contribution in [-0.2, 0) is 18.9 Å². The molecule has 21 heavy (non-hydrogen) atoms. The Morgan fingerprint density at radius 1 is 0.762 bits per heavy atom. The van der Waals surface area contributed by atoms with Gasteiger partial charge in [0, 0.05) is 13.1 Å². The molecule has 1 rings (SSSR count). The Balaban J connectivity index is -0.0000000937. The Hall–Kier alpha value is -0.240. The summed E-state index contributed by atoms with van der Waals surface area (Å²) in [5.74, 6) is 0. The lowest BCUT2D eigenvalue weighted by Gasteiger charge is -2.17. The second-order valence-corrected chi connectivity index (χ2v) is 3.31. The van der Waals surface area contributed by atoms with Gasteiger partial charge in [-0.3, -0.25) is 10.2 Å². The largest absolute Gasteiger partial charge is 0.354 e. The molecule has 0 aromatic heterocycles. The van der Waals surface area contributed by atoms with Crippen molar-refractivity contribution in [3.8, 4) is 0 Å². The molecule has 1 fully saturated rings. The van der Waals surface area contributed by atoms with Gasteiger partial charge in [-0.1, -0.05) is 44.6 Å². The van der Waals surface area contributed by atoms with Gasteiger partial charge in [-0.2, -0.15) is 0 Å². The number of hydrogen-bond acceptors (Lipinski definition) is 6. The van der Waals surface area contributed by atoms with Gasteiger partial charge in [0.05, 0.1) is 19.9 Å². The number of rotatable bonds is 0. The molecule has 1 saturated heterocycles. The molecule has 0 radical (unpaired) electrons. The fraction of sp³-hybridized carbons (Fsp3) is 1.00. The molecular formula is C15H44N2O4. The highest BCUT2D eigenvalue weighted by Gasteiger charge is 1.99. The van der Waals surface area contributed by atoms with Crippen LogP contribution in [0.5, 0.6) is 0 Å². The van der Waals surface area contributed by atoms with Crippen LogP contribution in [-0.4, -0.2) is 65.3 Å². The first kappa shape index (κ1) is 37.2. The van der Waals surface area contributed by atoms with Crippen molar-refractivity contribution in [3.05, 3.63) is 0 Å². The quantitative estimate of drug-likeness (QED) is 0.740. The van der Waals surface area contributed by atoms with Crippen LogP contribution in [0.2, 0.25) is 0 Å². The molecule has 0 atom stereocenters. The van der Waals surface area contributed by atoms with E-state index in [2.05, 4.69) is 5.32 Å². The normalized spacial score (nSPS) is 17.6. The van der Waals surface area contributed by atoms with Gasteiger partial charge in [-0.05, 0) is 7.05 Å². The average molecular weight is 317 g/mol. The summed E-state index contributed by atoms with van der Waals surface area (Å²) in [5, 5.41) is 3.05. The molecule has 6 heteroatoms. The molecule has 138 valence electrons. The van der Waals surface area contributed by atoms with Crippen molar-refractivity contribution in [1.82, 2.24) is 10.2 Å². The van der Waals surface area contributed by atoms with Crippen LogP contribution in [0.4, 0.5) is 0 Å². The minimum Gasteiger partial charge on any atom is -0.354 e. The Kier molecular flexibility index (Phi) is 49.6. The summed E-state index contributed by atoms with van der Waals surface area (Å²) in [7, 11) is 1.97. The van der Waals surface area contributed by atoms with E-state index in [1.807, 2.05) is 11.9 Å². The zero-order valence-corrected chi connectivity index (χ0v) is 9.24. The van der Waals surface area contributed by atoms with E-state index in [-0.39, 0.29) is 44.6 Å². The van der Waals surface area contributed by atoms with Crippen LogP contribution in [0.1, 0.15) is 44.6 Å². The second-order valence-electron chi connectivity index (χ2n) is 3.31. The number of nitrogens with zero attached hydrogens (tertiary/aromatic N) is 1. The molecule has 0 unspecified atom stereocenters. The van der Waals surface area contributed by atoms with Crippen molar-refractivity contribution >= 4 is 0 Å². The molecule has 6 nitrogen and oxygen atoms in total. The molecule has 1 heterocycles. The third-order valence-corrected chi connectivity index (χ3v) is 1.89. The highest BCUT2D eigenvalue weighted by Crippen LogP contribution is 1.87. The minimum absolute atomic E-state index is 0. The number of hydrogen-bond donors (Lipinski definition) is 1. The van der Waals surface area contributed by atoms with Crippen molar-refractivity contribution < 1.29 is 18.9 Å². The minimum atomic E-state index is 0. The zero-order chi connectivity index (χ0) is 10.8. The summed E-state index contributed by atoms with van der Waals surface area (Å²) < 4.78 is 20.9. The molecule has 0 aliphatic carbocycles. The van der Waals surface area contributed by atoms with Gasteiger partial charge in [-0.25, -0.2) is 0 Å². The summed E-state index contributed by atoms with van der Waals surface area (Å²) in [6.07, 6.45) is 0. The van der Waals surface area contributed by atoms with E-state index in [1.54, 1.807) is 0 Å². The van der Waals surface area contributed by atoms with Crippen molar-refractivity contribution in [1.29, 1.82) is 0 Å². The first-order valence-corrected chi connectivity index (χ1v) is 5.10. The van der Waals surface area contributed by atoms with E-state index in [4.69, 9.17) is 18.9 Å². The van der Waals surface area contributed by atoms with E-state index in [1.165, 1.54) is 0 Å². The second kappa shape index (κ2) is 28.0. The highest BCUT2D eigenvalue weighted by molar-refractivity contribution is 4.43. The van der Waals surface area contributed by atoms with Gasteiger partial charge in [0.15, 0.2) is 0 Å². The third kappa shape index (κ3) is 25.1. The Bertz CT molecular complexity index is 138. The third-order valence-electron chi connectivity index (χ3n) is 1.89. The topological polar surface area (TPSA) is 52.2 Å².